The highest BCUT2D eigenvalue weighted by Crippen LogP contribution is 2.25. The molecule has 0 saturated carbocycles. The number of carbonyl (C=O) groups is 1. The molecule has 1 unspecified atom stereocenters. The van der Waals surface area contributed by atoms with Crippen LogP contribution in [0.4, 0.5) is 0 Å². The molecule has 2 aliphatic rings. The van der Waals surface area contributed by atoms with E-state index in [0.29, 0.717) is 19.3 Å². The van der Waals surface area contributed by atoms with Gasteiger partial charge in [-0.1, -0.05) is 0 Å². The van der Waals surface area contributed by atoms with Gasteiger partial charge in [0.15, 0.2) is 0 Å². The van der Waals surface area contributed by atoms with Crippen LogP contribution in [0.25, 0.3) is 0 Å². The van der Waals surface area contributed by atoms with Crippen LogP contribution in [0.1, 0.15) is 25.7 Å². The van der Waals surface area contributed by atoms with Gasteiger partial charge in [-0.05, 0) is 38.1 Å². The Bertz CT molecular complexity index is 278. The molecule has 2 aliphatic heterocycles. The van der Waals surface area contributed by atoms with E-state index < -0.39 is 0 Å². The molecule has 118 valence electrons. The van der Waals surface area contributed by atoms with Gasteiger partial charge in [-0.3, -0.25) is 4.79 Å². The molecule has 2 saturated heterocycles. The SMILES string of the molecule is COCCOCC(=O)N1CCC(C2CCCN2)CC1.Cl. The molecule has 5 nitrogen and oxygen atoms in total. The molecule has 0 aromatic rings. The number of amides is 1. The molecule has 1 amide bonds. The van der Waals surface area contributed by atoms with Gasteiger partial charge in [-0.2, -0.15) is 0 Å². The van der Waals surface area contributed by atoms with Crippen molar-refractivity contribution < 1.29 is 14.3 Å². The van der Waals surface area contributed by atoms with E-state index in [9.17, 15) is 4.79 Å². The number of halogens is 1. The lowest BCUT2D eigenvalue weighted by Gasteiger charge is -2.34. The van der Waals surface area contributed by atoms with Crippen molar-refractivity contribution >= 4 is 18.3 Å². The standard InChI is InChI=1S/C14H26N2O3.ClH/c1-18-9-10-19-11-14(17)16-7-4-12(5-8-16)13-3-2-6-15-13;/h12-13,15H,2-11H2,1H3;1H. The van der Waals surface area contributed by atoms with Crippen molar-refractivity contribution in [1.29, 1.82) is 0 Å². The van der Waals surface area contributed by atoms with Gasteiger partial charge in [0.05, 0.1) is 13.2 Å². The van der Waals surface area contributed by atoms with E-state index >= 15 is 0 Å². The maximum absolute atomic E-state index is 11.9. The molecule has 6 heteroatoms. The quantitative estimate of drug-likeness (QED) is 0.746. The van der Waals surface area contributed by atoms with E-state index in [1.165, 1.54) is 12.8 Å². The Morgan fingerprint density at radius 3 is 2.60 bits per heavy atom. The summed E-state index contributed by atoms with van der Waals surface area (Å²) in [6.45, 7) is 4.16. The maximum Gasteiger partial charge on any atom is 0.248 e. The van der Waals surface area contributed by atoms with Crippen LogP contribution in [0, 0.1) is 5.92 Å². The third-order valence-corrected chi connectivity index (χ3v) is 4.22. The molecule has 2 heterocycles. The number of likely N-dealkylation sites (tertiary alicyclic amines) is 1. The Kier molecular flexibility index (Phi) is 8.45. The van der Waals surface area contributed by atoms with Gasteiger partial charge in [0.2, 0.25) is 5.91 Å². The first kappa shape index (κ1) is 17.7. The second-order valence-electron chi connectivity index (χ2n) is 5.47. The number of nitrogens with one attached hydrogen (secondary N) is 1. The fraction of sp³-hybridized carbons (Fsp3) is 0.929. The van der Waals surface area contributed by atoms with Crippen LogP contribution >= 0.6 is 12.4 Å². The average molecular weight is 307 g/mol. The summed E-state index contributed by atoms with van der Waals surface area (Å²) < 4.78 is 10.2. The van der Waals surface area contributed by atoms with E-state index in [-0.39, 0.29) is 24.9 Å². The predicted molar refractivity (Wildman–Crippen MR) is 80.3 cm³/mol. The molecule has 20 heavy (non-hydrogen) atoms. The highest BCUT2D eigenvalue weighted by atomic mass is 35.5. The summed E-state index contributed by atoms with van der Waals surface area (Å²) in [5, 5.41) is 3.58. The number of nitrogens with zero attached hydrogens (tertiary/aromatic N) is 1. The fourth-order valence-electron chi connectivity index (χ4n) is 3.06. The Morgan fingerprint density at radius 1 is 1.25 bits per heavy atom. The Labute approximate surface area is 127 Å². The summed E-state index contributed by atoms with van der Waals surface area (Å²) in [5.41, 5.74) is 0. The maximum atomic E-state index is 11.9. The van der Waals surface area contributed by atoms with Crippen molar-refractivity contribution in [1.82, 2.24) is 10.2 Å². The van der Waals surface area contributed by atoms with Crippen molar-refractivity contribution in [2.45, 2.75) is 31.7 Å². The zero-order valence-corrected chi connectivity index (χ0v) is 13.1. The van der Waals surface area contributed by atoms with Crippen LogP contribution in [-0.2, 0) is 14.3 Å². The molecule has 0 spiro atoms. The number of hydrogen-bond donors (Lipinski definition) is 1. The lowest BCUT2D eigenvalue weighted by atomic mass is 9.88. The first-order chi connectivity index (χ1) is 9.31. The van der Waals surface area contributed by atoms with Crippen LogP contribution in [0.3, 0.4) is 0 Å². The molecule has 0 bridgehead atoms. The van der Waals surface area contributed by atoms with Gasteiger partial charge in [0.25, 0.3) is 0 Å². The molecule has 0 aliphatic carbocycles. The molecule has 1 N–H and O–H groups in total. The largest absolute Gasteiger partial charge is 0.382 e. The van der Waals surface area contributed by atoms with Crippen LogP contribution < -0.4 is 5.32 Å². The average Bonchev–Trinajstić information content (AvgIpc) is 2.98. The second-order valence-corrected chi connectivity index (χ2v) is 5.47. The number of rotatable bonds is 6. The summed E-state index contributed by atoms with van der Waals surface area (Å²) in [6.07, 6.45) is 4.86. The Balaban J connectivity index is 0.00000200. The zero-order chi connectivity index (χ0) is 13.5. The lowest BCUT2D eigenvalue weighted by Crippen LogP contribution is -2.44. The van der Waals surface area contributed by atoms with E-state index in [2.05, 4.69) is 5.32 Å². The van der Waals surface area contributed by atoms with Crippen LogP contribution in [0.15, 0.2) is 0 Å². The van der Waals surface area contributed by atoms with E-state index in [4.69, 9.17) is 9.47 Å². The minimum absolute atomic E-state index is 0. The molecule has 2 fully saturated rings. The topological polar surface area (TPSA) is 50.8 Å². The number of hydrogen-bond acceptors (Lipinski definition) is 4. The minimum Gasteiger partial charge on any atom is -0.382 e. The molecule has 2 rings (SSSR count). The first-order valence-corrected chi connectivity index (χ1v) is 7.39. The molecule has 0 radical (unpaired) electrons. The van der Waals surface area contributed by atoms with Gasteiger partial charge in [0, 0.05) is 26.2 Å². The van der Waals surface area contributed by atoms with Crippen molar-refractivity contribution in [3.63, 3.8) is 0 Å². The van der Waals surface area contributed by atoms with Crippen LogP contribution in [0.5, 0.6) is 0 Å². The van der Waals surface area contributed by atoms with Crippen molar-refractivity contribution in [2.75, 3.05) is 46.6 Å². The lowest BCUT2D eigenvalue weighted by molar-refractivity contribution is -0.138. The molecular formula is C14H27ClN2O3. The van der Waals surface area contributed by atoms with Gasteiger partial charge in [0.1, 0.15) is 6.61 Å². The third-order valence-electron chi connectivity index (χ3n) is 4.22. The number of carbonyl (C=O) groups excluding carboxylic acids is 1. The summed E-state index contributed by atoms with van der Waals surface area (Å²) in [4.78, 5) is 13.9. The Morgan fingerprint density at radius 2 is 2.00 bits per heavy atom. The smallest absolute Gasteiger partial charge is 0.248 e. The highest BCUT2D eigenvalue weighted by Gasteiger charge is 2.29. The number of ether oxygens (including phenoxy) is 2. The predicted octanol–water partition coefficient (Wildman–Crippen LogP) is 1.06. The highest BCUT2D eigenvalue weighted by molar-refractivity contribution is 5.85. The van der Waals surface area contributed by atoms with E-state index in [1.807, 2.05) is 4.90 Å². The van der Waals surface area contributed by atoms with Crippen molar-refractivity contribution in [3.8, 4) is 0 Å². The number of methoxy groups -OCH3 is 1. The molecular weight excluding hydrogens is 280 g/mol. The summed E-state index contributed by atoms with van der Waals surface area (Å²) in [6, 6.07) is 0.690. The molecule has 0 aromatic heterocycles. The normalized spacial score (nSPS) is 23.6. The minimum atomic E-state index is 0. The Hall–Kier alpha value is -0.360. The first-order valence-electron chi connectivity index (χ1n) is 7.39. The van der Waals surface area contributed by atoms with Crippen molar-refractivity contribution in [2.24, 2.45) is 5.92 Å². The van der Waals surface area contributed by atoms with E-state index in [1.54, 1.807) is 7.11 Å². The summed E-state index contributed by atoms with van der Waals surface area (Å²) >= 11 is 0. The third kappa shape index (κ3) is 5.20. The van der Waals surface area contributed by atoms with Gasteiger partial charge >= 0.3 is 0 Å². The van der Waals surface area contributed by atoms with Crippen LogP contribution in [-0.4, -0.2) is 63.4 Å². The van der Waals surface area contributed by atoms with Gasteiger partial charge in [-0.25, -0.2) is 0 Å². The van der Waals surface area contributed by atoms with Gasteiger partial charge < -0.3 is 19.7 Å². The van der Waals surface area contributed by atoms with Crippen LogP contribution in [0.2, 0.25) is 0 Å². The van der Waals surface area contributed by atoms with Crippen molar-refractivity contribution in [3.05, 3.63) is 0 Å². The van der Waals surface area contributed by atoms with Gasteiger partial charge in [-0.15, -0.1) is 12.4 Å². The molecule has 1 atom stereocenters. The number of piperidine rings is 1. The molecule has 0 aromatic carbocycles. The summed E-state index contributed by atoms with van der Waals surface area (Å²) in [7, 11) is 1.63. The monoisotopic (exact) mass is 306 g/mol. The van der Waals surface area contributed by atoms with E-state index in [0.717, 1.165) is 38.4 Å². The fourth-order valence-corrected chi connectivity index (χ4v) is 3.06. The second kappa shape index (κ2) is 9.55. The summed E-state index contributed by atoms with van der Waals surface area (Å²) in [5.74, 6) is 0.870. The zero-order valence-electron chi connectivity index (χ0n) is 12.3.